The molecular weight excluding hydrogens is 324 g/mol. The van der Waals surface area contributed by atoms with Gasteiger partial charge in [-0.3, -0.25) is 14.9 Å². The normalized spacial score (nSPS) is 11.3. The Labute approximate surface area is 142 Å². The van der Waals surface area contributed by atoms with Crippen LogP contribution in [0.25, 0.3) is 10.9 Å². The number of para-hydroxylation sites is 1. The first-order valence-corrected chi connectivity index (χ1v) is 7.38. The van der Waals surface area contributed by atoms with Crippen LogP contribution in [0.3, 0.4) is 0 Å². The smallest absolute Gasteiger partial charge is 0.295 e. The topological polar surface area (TPSA) is 110 Å². The summed E-state index contributed by atoms with van der Waals surface area (Å²) in [5.74, 6) is -0.831. The van der Waals surface area contributed by atoms with Gasteiger partial charge in [0.25, 0.3) is 11.6 Å². The Morgan fingerprint density at radius 2 is 1.92 bits per heavy atom. The van der Waals surface area contributed by atoms with Gasteiger partial charge in [0.15, 0.2) is 5.69 Å². The number of hydrogen-bond donors (Lipinski definition) is 1. The standard InChI is InChI=1S/C17H14N4O4/c1-10-11(7-5-9-13(10)21(24)25)16(22)19-18-15-12-6-3-4-8-14(12)20(2)17(15)23/h3-9,23H,1-2H3. The molecule has 1 N–H and O–H groups in total. The molecule has 0 saturated heterocycles. The highest BCUT2D eigenvalue weighted by Crippen LogP contribution is 2.37. The summed E-state index contributed by atoms with van der Waals surface area (Å²) in [5.41, 5.74) is 1.08. The Morgan fingerprint density at radius 3 is 2.64 bits per heavy atom. The zero-order valence-electron chi connectivity index (χ0n) is 13.5. The van der Waals surface area contributed by atoms with E-state index in [1.165, 1.54) is 29.7 Å². The summed E-state index contributed by atoms with van der Waals surface area (Å²) in [7, 11) is 1.67. The van der Waals surface area contributed by atoms with Crippen LogP contribution in [0.2, 0.25) is 0 Å². The van der Waals surface area contributed by atoms with Gasteiger partial charge in [-0.05, 0) is 19.1 Å². The van der Waals surface area contributed by atoms with E-state index in [0.29, 0.717) is 5.39 Å². The summed E-state index contributed by atoms with van der Waals surface area (Å²) >= 11 is 0. The molecule has 0 saturated carbocycles. The molecule has 25 heavy (non-hydrogen) atoms. The van der Waals surface area contributed by atoms with Crippen molar-refractivity contribution < 1.29 is 14.8 Å². The Morgan fingerprint density at radius 1 is 1.20 bits per heavy atom. The largest absolute Gasteiger partial charge is 0.493 e. The van der Waals surface area contributed by atoms with Crippen LogP contribution < -0.4 is 0 Å². The summed E-state index contributed by atoms with van der Waals surface area (Å²) in [6, 6.07) is 11.4. The number of nitro benzene ring substituents is 1. The van der Waals surface area contributed by atoms with Crippen molar-refractivity contribution in [2.45, 2.75) is 6.92 Å². The highest BCUT2D eigenvalue weighted by molar-refractivity contribution is 5.98. The van der Waals surface area contributed by atoms with Gasteiger partial charge in [-0.25, -0.2) is 0 Å². The third-order valence-electron chi connectivity index (χ3n) is 4.02. The summed E-state index contributed by atoms with van der Waals surface area (Å²) in [5, 5.41) is 29.3. The monoisotopic (exact) mass is 338 g/mol. The van der Waals surface area contributed by atoms with Crippen molar-refractivity contribution in [2.75, 3.05) is 0 Å². The van der Waals surface area contributed by atoms with Gasteiger partial charge in [0.1, 0.15) is 0 Å². The van der Waals surface area contributed by atoms with Crippen molar-refractivity contribution in [1.82, 2.24) is 4.57 Å². The summed E-state index contributed by atoms with van der Waals surface area (Å²) in [6.07, 6.45) is 0. The van der Waals surface area contributed by atoms with Crippen molar-refractivity contribution in [3.05, 3.63) is 63.7 Å². The molecule has 0 unspecified atom stereocenters. The molecule has 1 aromatic heterocycles. The molecule has 0 bridgehead atoms. The predicted octanol–water partition coefficient (Wildman–Crippen LogP) is 4.02. The zero-order chi connectivity index (χ0) is 18.1. The Bertz CT molecular complexity index is 1040. The van der Waals surface area contributed by atoms with E-state index in [0.717, 1.165) is 5.52 Å². The van der Waals surface area contributed by atoms with Crippen LogP contribution >= 0.6 is 0 Å². The van der Waals surface area contributed by atoms with E-state index in [9.17, 15) is 20.0 Å². The van der Waals surface area contributed by atoms with E-state index < -0.39 is 10.8 Å². The molecule has 0 radical (unpaired) electrons. The lowest BCUT2D eigenvalue weighted by molar-refractivity contribution is -0.385. The fourth-order valence-electron chi connectivity index (χ4n) is 2.66. The van der Waals surface area contributed by atoms with Crippen LogP contribution in [-0.2, 0) is 7.05 Å². The number of aromatic nitrogens is 1. The van der Waals surface area contributed by atoms with Crippen molar-refractivity contribution >= 4 is 28.2 Å². The van der Waals surface area contributed by atoms with Crippen LogP contribution in [0.4, 0.5) is 11.4 Å². The van der Waals surface area contributed by atoms with Gasteiger partial charge in [0.2, 0.25) is 5.88 Å². The average molecular weight is 338 g/mol. The Hall–Kier alpha value is -3.55. The van der Waals surface area contributed by atoms with E-state index >= 15 is 0 Å². The highest BCUT2D eigenvalue weighted by Gasteiger charge is 2.19. The van der Waals surface area contributed by atoms with Gasteiger partial charge in [-0.15, -0.1) is 10.2 Å². The maximum atomic E-state index is 12.3. The van der Waals surface area contributed by atoms with E-state index in [4.69, 9.17) is 0 Å². The number of carbonyl (C=O) groups is 1. The van der Waals surface area contributed by atoms with E-state index in [-0.39, 0.29) is 28.4 Å². The van der Waals surface area contributed by atoms with Gasteiger partial charge in [0.05, 0.1) is 16.0 Å². The molecule has 2 aromatic carbocycles. The number of hydrogen-bond acceptors (Lipinski definition) is 5. The van der Waals surface area contributed by atoms with E-state index in [2.05, 4.69) is 10.2 Å². The lowest BCUT2D eigenvalue weighted by Gasteiger charge is -2.01. The molecule has 0 atom stereocenters. The van der Waals surface area contributed by atoms with Gasteiger partial charge in [0, 0.05) is 24.1 Å². The van der Waals surface area contributed by atoms with Crippen molar-refractivity contribution in [2.24, 2.45) is 17.3 Å². The summed E-state index contributed by atoms with van der Waals surface area (Å²) in [4.78, 5) is 22.7. The minimum Gasteiger partial charge on any atom is -0.493 e. The molecule has 0 aliphatic rings. The number of nitrogens with zero attached hydrogens (tertiary/aromatic N) is 4. The number of fused-ring (bicyclic) bond motifs is 1. The Balaban J connectivity index is 2.02. The minimum absolute atomic E-state index is 0.0951. The van der Waals surface area contributed by atoms with Crippen LogP contribution in [0, 0.1) is 17.0 Å². The second-order valence-electron chi connectivity index (χ2n) is 5.46. The first-order valence-electron chi connectivity index (χ1n) is 7.38. The number of amides is 1. The third-order valence-corrected chi connectivity index (χ3v) is 4.02. The van der Waals surface area contributed by atoms with Crippen molar-refractivity contribution in [3.8, 4) is 5.88 Å². The van der Waals surface area contributed by atoms with Gasteiger partial charge < -0.3 is 9.67 Å². The van der Waals surface area contributed by atoms with E-state index in [1.807, 2.05) is 6.07 Å². The van der Waals surface area contributed by atoms with Crippen LogP contribution in [0.1, 0.15) is 15.9 Å². The maximum absolute atomic E-state index is 12.3. The van der Waals surface area contributed by atoms with Gasteiger partial charge in [-0.2, -0.15) is 0 Å². The van der Waals surface area contributed by atoms with Gasteiger partial charge in [-0.1, -0.05) is 24.3 Å². The molecule has 8 nitrogen and oxygen atoms in total. The molecule has 126 valence electrons. The quantitative estimate of drug-likeness (QED) is 0.441. The summed E-state index contributed by atoms with van der Waals surface area (Å²) < 4.78 is 1.53. The summed E-state index contributed by atoms with van der Waals surface area (Å²) in [6.45, 7) is 1.48. The van der Waals surface area contributed by atoms with Crippen molar-refractivity contribution in [3.63, 3.8) is 0 Å². The average Bonchev–Trinajstić information content (AvgIpc) is 2.84. The highest BCUT2D eigenvalue weighted by atomic mass is 16.6. The second kappa shape index (κ2) is 6.16. The zero-order valence-corrected chi connectivity index (χ0v) is 13.5. The molecule has 3 aromatic rings. The number of aromatic hydroxyl groups is 1. The molecule has 0 fully saturated rings. The number of benzene rings is 2. The molecule has 0 spiro atoms. The fraction of sp³-hybridized carbons (Fsp3) is 0.118. The van der Waals surface area contributed by atoms with E-state index in [1.54, 1.807) is 25.2 Å². The first-order chi connectivity index (χ1) is 11.9. The first kappa shape index (κ1) is 16.3. The fourth-order valence-corrected chi connectivity index (χ4v) is 2.66. The third kappa shape index (κ3) is 2.74. The lowest BCUT2D eigenvalue weighted by atomic mass is 10.1. The molecule has 3 rings (SSSR count). The number of rotatable bonds is 3. The second-order valence-corrected chi connectivity index (χ2v) is 5.46. The molecule has 8 heteroatoms. The maximum Gasteiger partial charge on any atom is 0.295 e. The lowest BCUT2D eigenvalue weighted by Crippen LogP contribution is -2.01. The van der Waals surface area contributed by atoms with Crippen LogP contribution in [0.15, 0.2) is 52.7 Å². The van der Waals surface area contributed by atoms with Crippen LogP contribution in [0.5, 0.6) is 5.88 Å². The van der Waals surface area contributed by atoms with Gasteiger partial charge >= 0.3 is 0 Å². The predicted molar refractivity (Wildman–Crippen MR) is 91.3 cm³/mol. The molecule has 1 heterocycles. The molecule has 0 aliphatic carbocycles. The molecule has 1 amide bonds. The Kier molecular flexibility index (Phi) is 4.02. The SMILES string of the molecule is Cc1c(C(=O)N=Nc2c(O)n(C)c3ccccc23)cccc1[N+](=O)[O-]. The number of azo groups is 1. The number of nitro groups is 1. The van der Waals surface area contributed by atoms with Crippen molar-refractivity contribution in [1.29, 1.82) is 0 Å². The van der Waals surface area contributed by atoms with Crippen LogP contribution in [-0.4, -0.2) is 20.5 Å². The minimum atomic E-state index is -0.714. The molecular formula is C17H14N4O4. The number of carbonyl (C=O) groups excluding carboxylic acids is 1. The number of aryl methyl sites for hydroxylation is 1. The molecule has 0 aliphatic heterocycles.